The molecule has 0 aliphatic carbocycles. The zero-order valence-corrected chi connectivity index (χ0v) is 13.5. The van der Waals surface area contributed by atoms with E-state index in [0.29, 0.717) is 22.1 Å². The molecule has 0 saturated heterocycles. The van der Waals surface area contributed by atoms with Crippen molar-refractivity contribution in [2.75, 3.05) is 5.75 Å². The summed E-state index contributed by atoms with van der Waals surface area (Å²) in [6.07, 6.45) is 0. The van der Waals surface area contributed by atoms with E-state index >= 15 is 0 Å². The lowest BCUT2D eigenvalue weighted by molar-refractivity contribution is 0.477. The molecular formula is C16H16FNOS2. The number of halogens is 1. The number of hydrogen-bond acceptors (Lipinski definition) is 3. The largest absolute Gasteiger partial charge is 0.457 e. The van der Waals surface area contributed by atoms with Gasteiger partial charge in [0, 0.05) is 4.90 Å². The molecule has 0 fully saturated rings. The van der Waals surface area contributed by atoms with Gasteiger partial charge in [-0.05, 0) is 48.6 Å². The highest BCUT2D eigenvalue weighted by Gasteiger charge is 2.13. The van der Waals surface area contributed by atoms with Gasteiger partial charge in [-0.15, -0.1) is 11.8 Å². The first-order valence-corrected chi connectivity index (χ1v) is 7.92. The molecule has 0 radical (unpaired) electrons. The van der Waals surface area contributed by atoms with Gasteiger partial charge in [0.2, 0.25) is 0 Å². The summed E-state index contributed by atoms with van der Waals surface area (Å²) in [5.41, 5.74) is 7.09. The topological polar surface area (TPSA) is 35.2 Å². The number of thioether (sulfide) groups is 1. The number of benzene rings is 2. The molecule has 0 aliphatic heterocycles. The molecule has 0 aliphatic rings. The van der Waals surface area contributed by atoms with Crippen LogP contribution in [0.25, 0.3) is 0 Å². The van der Waals surface area contributed by atoms with Gasteiger partial charge in [-0.1, -0.05) is 25.2 Å². The average Bonchev–Trinajstić information content (AvgIpc) is 2.43. The lowest BCUT2D eigenvalue weighted by Gasteiger charge is -2.14. The Bertz CT molecular complexity index is 673. The smallest absolute Gasteiger partial charge is 0.138 e. The fourth-order valence-electron chi connectivity index (χ4n) is 1.92. The molecule has 110 valence electrons. The van der Waals surface area contributed by atoms with E-state index in [2.05, 4.69) is 6.92 Å². The van der Waals surface area contributed by atoms with E-state index in [9.17, 15) is 4.39 Å². The van der Waals surface area contributed by atoms with E-state index in [1.807, 2.05) is 18.2 Å². The highest BCUT2D eigenvalue weighted by molar-refractivity contribution is 7.99. The minimum atomic E-state index is -0.257. The fraction of sp³-hybridized carbons (Fsp3) is 0.188. The fourth-order valence-corrected chi connectivity index (χ4v) is 3.04. The highest BCUT2D eigenvalue weighted by Crippen LogP contribution is 2.33. The van der Waals surface area contributed by atoms with Crippen LogP contribution in [0.15, 0.2) is 41.3 Å². The Morgan fingerprint density at radius 3 is 2.71 bits per heavy atom. The van der Waals surface area contributed by atoms with Crippen LogP contribution in [-0.4, -0.2) is 10.7 Å². The summed E-state index contributed by atoms with van der Waals surface area (Å²) < 4.78 is 19.2. The van der Waals surface area contributed by atoms with Gasteiger partial charge in [0.25, 0.3) is 0 Å². The van der Waals surface area contributed by atoms with Crippen molar-refractivity contribution in [2.24, 2.45) is 5.73 Å². The lowest BCUT2D eigenvalue weighted by Crippen LogP contribution is -2.12. The van der Waals surface area contributed by atoms with Crippen molar-refractivity contribution in [3.8, 4) is 11.5 Å². The maximum absolute atomic E-state index is 13.3. The van der Waals surface area contributed by atoms with Gasteiger partial charge in [0.15, 0.2) is 0 Å². The Morgan fingerprint density at radius 2 is 2.10 bits per heavy atom. The van der Waals surface area contributed by atoms with Gasteiger partial charge < -0.3 is 10.5 Å². The van der Waals surface area contributed by atoms with Crippen molar-refractivity contribution >= 4 is 29.0 Å². The first-order chi connectivity index (χ1) is 10.0. The molecule has 0 unspecified atom stereocenters. The molecule has 5 heteroatoms. The summed E-state index contributed by atoms with van der Waals surface area (Å²) >= 11 is 6.79. The quantitative estimate of drug-likeness (QED) is 0.641. The lowest BCUT2D eigenvalue weighted by atomic mass is 10.2. The van der Waals surface area contributed by atoms with Gasteiger partial charge >= 0.3 is 0 Å². The number of thiocarbonyl (C=S) groups is 1. The monoisotopic (exact) mass is 321 g/mol. The highest BCUT2D eigenvalue weighted by atomic mass is 32.2. The molecule has 0 atom stereocenters. The van der Waals surface area contributed by atoms with Crippen LogP contribution >= 0.6 is 24.0 Å². The molecule has 2 aromatic rings. The Labute approximate surface area is 133 Å². The van der Waals surface area contributed by atoms with E-state index in [1.54, 1.807) is 30.8 Å². The van der Waals surface area contributed by atoms with E-state index < -0.39 is 0 Å². The summed E-state index contributed by atoms with van der Waals surface area (Å²) in [6, 6.07) is 10.3. The summed E-state index contributed by atoms with van der Waals surface area (Å²) in [5, 5.41) is 0. The summed E-state index contributed by atoms with van der Waals surface area (Å²) in [6.45, 7) is 3.75. The van der Waals surface area contributed by atoms with Crippen molar-refractivity contribution in [1.29, 1.82) is 0 Å². The second-order valence-corrected chi connectivity index (χ2v) is 6.19. The second kappa shape index (κ2) is 6.91. The molecular weight excluding hydrogens is 305 g/mol. The number of rotatable bonds is 5. The van der Waals surface area contributed by atoms with Crippen molar-refractivity contribution in [3.05, 3.63) is 53.3 Å². The standard InChI is InChI=1S/C16H16FNOS2/c1-3-21-14-6-4-5-13(15(14)16(18)20)19-11-7-8-12(17)10(2)9-11/h4-9H,3H2,1-2H3,(H2,18,20). The maximum Gasteiger partial charge on any atom is 0.138 e. The van der Waals surface area contributed by atoms with Crippen LogP contribution in [-0.2, 0) is 0 Å². The molecule has 2 rings (SSSR count). The molecule has 0 aromatic heterocycles. The molecule has 0 bridgehead atoms. The molecule has 21 heavy (non-hydrogen) atoms. The maximum atomic E-state index is 13.3. The number of hydrogen-bond donors (Lipinski definition) is 1. The van der Waals surface area contributed by atoms with Crippen molar-refractivity contribution in [2.45, 2.75) is 18.7 Å². The summed E-state index contributed by atoms with van der Waals surface area (Å²) in [7, 11) is 0. The number of aryl methyl sites for hydroxylation is 1. The van der Waals surface area contributed by atoms with Crippen molar-refractivity contribution < 1.29 is 9.13 Å². The van der Waals surface area contributed by atoms with Gasteiger partial charge in [-0.25, -0.2) is 4.39 Å². The van der Waals surface area contributed by atoms with Gasteiger partial charge in [-0.3, -0.25) is 0 Å². The first kappa shape index (κ1) is 15.8. The third kappa shape index (κ3) is 3.74. The number of nitrogens with two attached hydrogens (primary N) is 1. The molecule has 0 heterocycles. The molecule has 2 N–H and O–H groups in total. The van der Waals surface area contributed by atoms with Crippen molar-refractivity contribution in [1.82, 2.24) is 0 Å². The van der Waals surface area contributed by atoms with Crippen LogP contribution in [0, 0.1) is 12.7 Å². The van der Waals surface area contributed by atoms with Crippen LogP contribution in [0.2, 0.25) is 0 Å². The Hall–Kier alpha value is -1.59. The average molecular weight is 321 g/mol. The van der Waals surface area contributed by atoms with Crippen LogP contribution in [0.4, 0.5) is 4.39 Å². The zero-order chi connectivity index (χ0) is 15.4. The minimum absolute atomic E-state index is 0.257. The van der Waals surface area contributed by atoms with E-state index in [1.165, 1.54) is 6.07 Å². The Balaban J connectivity index is 2.41. The van der Waals surface area contributed by atoms with Crippen molar-refractivity contribution in [3.63, 3.8) is 0 Å². The molecule has 2 aromatic carbocycles. The first-order valence-electron chi connectivity index (χ1n) is 6.52. The Morgan fingerprint density at radius 1 is 1.33 bits per heavy atom. The van der Waals surface area contributed by atoms with E-state index in [-0.39, 0.29) is 5.82 Å². The minimum Gasteiger partial charge on any atom is -0.457 e. The van der Waals surface area contributed by atoms with Crippen LogP contribution in [0.1, 0.15) is 18.1 Å². The molecule has 0 amide bonds. The molecule has 0 spiro atoms. The normalized spacial score (nSPS) is 10.4. The van der Waals surface area contributed by atoms with E-state index in [0.717, 1.165) is 16.2 Å². The van der Waals surface area contributed by atoms with Gasteiger partial charge in [0.05, 0.1) is 5.56 Å². The van der Waals surface area contributed by atoms with Crippen LogP contribution in [0.3, 0.4) is 0 Å². The SMILES string of the molecule is CCSc1cccc(Oc2ccc(F)c(C)c2)c1C(N)=S. The predicted octanol–water partition coefficient (Wildman–Crippen LogP) is 4.67. The van der Waals surface area contributed by atoms with Crippen LogP contribution < -0.4 is 10.5 Å². The molecule has 2 nitrogen and oxygen atoms in total. The number of ether oxygens (including phenoxy) is 1. The third-order valence-corrected chi connectivity index (χ3v) is 4.04. The summed E-state index contributed by atoms with van der Waals surface area (Å²) in [5.74, 6) is 1.80. The predicted molar refractivity (Wildman–Crippen MR) is 89.9 cm³/mol. The molecule has 0 saturated carbocycles. The second-order valence-electron chi connectivity index (χ2n) is 4.44. The van der Waals surface area contributed by atoms with Crippen LogP contribution in [0.5, 0.6) is 11.5 Å². The van der Waals surface area contributed by atoms with E-state index in [4.69, 9.17) is 22.7 Å². The summed E-state index contributed by atoms with van der Waals surface area (Å²) in [4.78, 5) is 1.28. The zero-order valence-electron chi connectivity index (χ0n) is 11.9. The van der Waals surface area contributed by atoms with Gasteiger partial charge in [0.1, 0.15) is 22.3 Å². The third-order valence-electron chi connectivity index (χ3n) is 2.89. The van der Waals surface area contributed by atoms with Gasteiger partial charge in [-0.2, -0.15) is 0 Å². The Kier molecular flexibility index (Phi) is 5.20.